The van der Waals surface area contributed by atoms with Gasteiger partial charge in [0.15, 0.2) is 9.84 Å². The Balaban J connectivity index is 2.24. The van der Waals surface area contributed by atoms with E-state index in [9.17, 15) is 18.0 Å². The molecule has 0 unspecified atom stereocenters. The molecule has 1 fully saturated rings. The van der Waals surface area contributed by atoms with E-state index in [-0.39, 0.29) is 6.54 Å². The maximum absolute atomic E-state index is 11.7. The van der Waals surface area contributed by atoms with Crippen LogP contribution in [0, 0.1) is 0 Å². The Labute approximate surface area is 120 Å². The number of carbonyl (C=O) groups excluding carboxylic acids is 2. The summed E-state index contributed by atoms with van der Waals surface area (Å²) in [5.74, 6) is -2.77. The van der Waals surface area contributed by atoms with Crippen molar-refractivity contribution in [3.05, 3.63) is 33.8 Å². The number of amides is 2. The van der Waals surface area contributed by atoms with Crippen LogP contribution in [0.4, 0.5) is 0 Å². The van der Waals surface area contributed by atoms with E-state index in [1.807, 2.05) is 0 Å². The van der Waals surface area contributed by atoms with Crippen molar-refractivity contribution in [2.75, 3.05) is 11.5 Å². The first-order chi connectivity index (χ1) is 8.78. The molecule has 0 bridgehead atoms. The molecule has 1 aromatic rings. The molecule has 0 radical (unpaired) electrons. The first-order valence-electron chi connectivity index (χ1n) is 5.26. The Hall–Kier alpha value is -1.11. The molecule has 1 aliphatic rings. The van der Waals surface area contributed by atoms with Crippen molar-refractivity contribution in [2.24, 2.45) is 0 Å². The van der Waals surface area contributed by atoms with Gasteiger partial charge < -0.3 is 0 Å². The molecule has 1 aromatic carbocycles. The highest BCUT2D eigenvalue weighted by atomic mass is 35.5. The van der Waals surface area contributed by atoms with Gasteiger partial charge in [-0.1, -0.05) is 29.3 Å². The number of rotatable bonds is 2. The summed E-state index contributed by atoms with van der Waals surface area (Å²) in [5.41, 5.74) is 0.534. The molecule has 2 rings (SSSR count). The molecule has 0 N–H and O–H groups in total. The highest BCUT2D eigenvalue weighted by Crippen LogP contribution is 2.23. The fraction of sp³-hybridized carbons (Fsp3) is 0.273. The van der Waals surface area contributed by atoms with Crippen molar-refractivity contribution < 1.29 is 18.0 Å². The van der Waals surface area contributed by atoms with Gasteiger partial charge >= 0.3 is 0 Å². The standard InChI is InChI=1S/C11H9Cl2NO4S/c12-8-2-1-7(9(13)3-8)4-14-10(15)5-19(17,18)6-11(14)16/h1-3H,4-6H2. The Kier molecular flexibility index (Phi) is 3.85. The molecule has 5 nitrogen and oxygen atoms in total. The van der Waals surface area contributed by atoms with E-state index in [0.29, 0.717) is 15.6 Å². The minimum absolute atomic E-state index is 0.0524. The second-order valence-electron chi connectivity index (χ2n) is 4.14. The zero-order valence-corrected chi connectivity index (χ0v) is 11.9. The average molecular weight is 322 g/mol. The second-order valence-corrected chi connectivity index (χ2v) is 7.05. The Morgan fingerprint density at radius 1 is 1.11 bits per heavy atom. The quantitative estimate of drug-likeness (QED) is 0.769. The third-order valence-electron chi connectivity index (χ3n) is 2.63. The minimum Gasteiger partial charge on any atom is -0.276 e. The SMILES string of the molecule is O=C1CS(=O)(=O)CC(=O)N1Cc1ccc(Cl)cc1Cl. The maximum Gasteiger partial charge on any atom is 0.244 e. The molecule has 19 heavy (non-hydrogen) atoms. The van der Waals surface area contributed by atoms with Gasteiger partial charge in [0.1, 0.15) is 11.5 Å². The van der Waals surface area contributed by atoms with Gasteiger partial charge in [-0.05, 0) is 17.7 Å². The van der Waals surface area contributed by atoms with Crippen molar-refractivity contribution in [2.45, 2.75) is 6.54 Å². The molecule has 0 spiro atoms. The lowest BCUT2D eigenvalue weighted by atomic mass is 10.2. The molecule has 0 atom stereocenters. The van der Waals surface area contributed by atoms with E-state index in [4.69, 9.17) is 23.2 Å². The summed E-state index contributed by atoms with van der Waals surface area (Å²) in [4.78, 5) is 24.2. The molecule has 1 heterocycles. The van der Waals surface area contributed by atoms with Gasteiger partial charge in [-0.2, -0.15) is 0 Å². The van der Waals surface area contributed by atoms with Gasteiger partial charge in [0.25, 0.3) is 0 Å². The normalized spacial score (nSPS) is 18.7. The smallest absolute Gasteiger partial charge is 0.244 e. The first-order valence-corrected chi connectivity index (χ1v) is 7.84. The van der Waals surface area contributed by atoms with Crippen LogP contribution < -0.4 is 0 Å². The number of benzene rings is 1. The van der Waals surface area contributed by atoms with Crippen LogP contribution in [0.5, 0.6) is 0 Å². The van der Waals surface area contributed by atoms with Crippen LogP contribution in [-0.2, 0) is 26.0 Å². The molecule has 0 aromatic heterocycles. The highest BCUT2D eigenvalue weighted by molar-refractivity contribution is 7.92. The second kappa shape index (κ2) is 5.11. The topological polar surface area (TPSA) is 71.5 Å². The lowest BCUT2D eigenvalue weighted by Crippen LogP contribution is -2.48. The number of imide groups is 1. The van der Waals surface area contributed by atoms with Gasteiger partial charge in [0.2, 0.25) is 11.8 Å². The van der Waals surface area contributed by atoms with Gasteiger partial charge in [-0.15, -0.1) is 0 Å². The first kappa shape index (κ1) is 14.3. The van der Waals surface area contributed by atoms with E-state index in [2.05, 4.69) is 0 Å². The van der Waals surface area contributed by atoms with E-state index in [0.717, 1.165) is 4.90 Å². The molecule has 102 valence electrons. The largest absolute Gasteiger partial charge is 0.276 e. The molecule has 1 aliphatic heterocycles. The summed E-state index contributed by atoms with van der Waals surface area (Å²) < 4.78 is 22.5. The summed E-state index contributed by atoms with van der Waals surface area (Å²) in [7, 11) is -3.62. The van der Waals surface area contributed by atoms with Crippen LogP contribution >= 0.6 is 23.2 Å². The van der Waals surface area contributed by atoms with E-state index < -0.39 is 33.2 Å². The van der Waals surface area contributed by atoms with Gasteiger partial charge in [0.05, 0.1) is 6.54 Å². The average Bonchev–Trinajstić information content (AvgIpc) is 2.24. The highest BCUT2D eigenvalue weighted by Gasteiger charge is 2.35. The molecule has 0 aliphatic carbocycles. The van der Waals surface area contributed by atoms with E-state index in [1.54, 1.807) is 12.1 Å². The molecular formula is C11H9Cl2NO4S. The van der Waals surface area contributed by atoms with Gasteiger partial charge in [-0.25, -0.2) is 8.42 Å². The van der Waals surface area contributed by atoms with Crippen LogP contribution in [-0.4, -0.2) is 36.6 Å². The van der Waals surface area contributed by atoms with Crippen molar-refractivity contribution in [3.63, 3.8) is 0 Å². The summed E-state index contributed by atoms with van der Waals surface area (Å²) in [6.45, 7) is -0.0524. The summed E-state index contributed by atoms with van der Waals surface area (Å²) in [5, 5.41) is 0.758. The van der Waals surface area contributed by atoms with Crippen molar-refractivity contribution in [1.82, 2.24) is 4.90 Å². The molecule has 1 saturated heterocycles. The fourth-order valence-corrected chi connectivity index (χ4v) is 3.35. The monoisotopic (exact) mass is 321 g/mol. The zero-order valence-electron chi connectivity index (χ0n) is 9.60. The predicted molar refractivity (Wildman–Crippen MR) is 70.7 cm³/mol. The molecule has 0 saturated carbocycles. The van der Waals surface area contributed by atoms with Gasteiger partial charge in [0, 0.05) is 10.0 Å². The Bertz CT molecular complexity index is 633. The molecule has 2 amide bonds. The minimum atomic E-state index is -3.62. The predicted octanol–water partition coefficient (Wildman–Crippen LogP) is 1.28. The summed E-state index contributed by atoms with van der Waals surface area (Å²) in [6, 6.07) is 4.67. The third-order valence-corrected chi connectivity index (χ3v) is 4.59. The Morgan fingerprint density at radius 2 is 1.68 bits per heavy atom. The number of hydrogen-bond donors (Lipinski definition) is 0. The lowest BCUT2D eigenvalue weighted by Gasteiger charge is -2.25. The molecule has 8 heteroatoms. The fourth-order valence-electron chi connectivity index (χ4n) is 1.72. The number of halogens is 2. The Morgan fingerprint density at radius 3 is 2.21 bits per heavy atom. The van der Waals surface area contributed by atoms with Crippen molar-refractivity contribution >= 4 is 44.9 Å². The van der Waals surface area contributed by atoms with Crippen LogP contribution in [0.15, 0.2) is 18.2 Å². The van der Waals surface area contributed by atoms with Crippen molar-refractivity contribution in [1.29, 1.82) is 0 Å². The number of nitrogens with zero attached hydrogens (tertiary/aromatic N) is 1. The van der Waals surface area contributed by atoms with Crippen LogP contribution in [0.25, 0.3) is 0 Å². The number of sulfone groups is 1. The third kappa shape index (κ3) is 3.26. The van der Waals surface area contributed by atoms with E-state index >= 15 is 0 Å². The summed E-state index contributed by atoms with van der Waals surface area (Å²) >= 11 is 11.7. The summed E-state index contributed by atoms with van der Waals surface area (Å²) in [6.07, 6.45) is 0. The van der Waals surface area contributed by atoms with Gasteiger partial charge in [-0.3, -0.25) is 14.5 Å². The maximum atomic E-state index is 11.7. The molecular weight excluding hydrogens is 313 g/mol. The lowest BCUT2D eigenvalue weighted by molar-refractivity contribution is -0.143. The van der Waals surface area contributed by atoms with Crippen LogP contribution in [0.3, 0.4) is 0 Å². The van der Waals surface area contributed by atoms with Crippen molar-refractivity contribution in [3.8, 4) is 0 Å². The van der Waals surface area contributed by atoms with E-state index in [1.165, 1.54) is 6.07 Å². The zero-order chi connectivity index (χ0) is 14.2. The van der Waals surface area contributed by atoms with Crippen LogP contribution in [0.1, 0.15) is 5.56 Å². The number of carbonyl (C=O) groups is 2. The number of hydrogen-bond acceptors (Lipinski definition) is 4. The van der Waals surface area contributed by atoms with Crippen LogP contribution in [0.2, 0.25) is 10.0 Å².